The quantitative estimate of drug-likeness (QED) is 0.715. The Labute approximate surface area is 148 Å². The normalized spacial score (nSPS) is 24.1. The van der Waals surface area contributed by atoms with Gasteiger partial charge in [0.05, 0.1) is 39.1 Å². The number of carbonyl (C=O) groups excluding carboxylic acids is 1. The summed E-state index contributed by atoms with van der Waals surface area (Å²) in [6, 6.07) is 1.85. The maximum atomic E-state index is 12.7. The van der Waals surface area contributed by atoms with Crippen LogP contribution in [0, 0.1) is 0 Å². The number of carbonyl (C=O) groups is 1. The average molecular weight is 353 g/mol. The van der Waals surface area contributed by atoms with Gasteiger partial charge in [0, 0.05) is 25.9 Å². The number of morpholine rings is 1. The number of nitrogens with one attached hydrogen (secondary N) is 1. The fourth-order valence-electron chi connectivity index (χ4n) is 2.90. The Kier molecular flexibility index (Phi) is 6.71. The monoisotopic (exact) mass is 353 g/mol. The predicted octanol–water partition coefficient (Wildman–Crippen LogP) is 0.0480. The van der Waals surface area contributed by atoms with E-state index in [4.69, 9.17) is 14.2 Å². The summed E-state index contributed by atoms with van der Waals surface area (Å²) >= 11 is 0. The first-order valence-corrected chi connectivity index (χ1v) is 8.19. The van der Waals surface area contributed by atoms with E-state index in [1.807, 2.05) is 18.9 Å². The topological polar surface area (TPSA) is 93.2 Å². The number of hydrogen-bond acceptors (Lipinski definition) is 7. The zero-order valence-corrected chi connectivity index (χ0v) is 15.2. The van der Waals surface area contributed by atoms with Crippen molar-refractivity contribution in [2.45, 2.75) is 25.1 Å². The van der Waals surface area contributed by atoms with Crippen LogP contribution in [0.15, 0.2) is 12.3 Å². The van der Waals surface area contributed by atoms with Gasteiger partial charge in [-0.15, -0.1) is 0 Å². The van der Waals surface area contributed by atoms with E-state index < -0.39 is 5.54 Å². The minimum atomic E-state index is -0.655. The second-order valence-corrected chi connectivity index (χ2v) is 6.37. The first kappa shape index (κ1) is 19.6. The third kappa shape index (κ3) is 4.27. The number of aliphatic hydroxyl groups is 1. The SMILES string of the molecule is COCc1cnc(OC)c(C(=O)NC[C@]2(CO)COC[C@@H](C)N2C)c1. The highest BCUT2D eigenvalue weighted by Gasteiger charge is 2.40. The summed E-state index contributed by atoms with van der Waals surface area (Å²) < 4.78 is 15.9. The van der Waals surface area contributed by atoms with Crippen molar-refractivity contribution in [3.63, 3.8) is 0 Å². The van der Waals surface area contributed by atoms with E-state index in [2.05, 4.69) is 10.3 Å². The van der Waals surface area contributed by atoms with E-state index in [0.717, 1.165) is 5.56 Å². The fourth-order valence-corrected chi connectivity index (χ4v) is 2.90. The number of nitrogens with zero attached hydrogens (tertiary/aromatic N) is 2. The number of rotatable bonds is 7. The van der Waals surface area contributed by atoms with Crippen molar-refractivity contribution >= 4 is 5.91 Å². The lowest BCUT2D eigenvalue weighted by Gasteiger charge is -2.47. The van der Waals surface area contributed by atoms with Crippen molar-refractivity contribution in [1.29, 1.82) is 0 Å². The van der Waals surface area contributed by atoms with Crippen LogP contribution in [0.4, 0.5) is 0 Å². The van der Waals surface area contributed by atoms with Crippen molar-refractivity contribution in [2.24, 2.45) is 0 Å². The fraction of sp³-hybridized carbons (Fsp3) is 0.647. The Morgan fingerprint density at radius 1 is 1.56 bits per heavy atom. The third-order valence-corrected chi connectivity index (χ3v) is 4.67. The molecule has 1 saturated heterocycles. The van der Waals surface area contributed by atoms with E-state index in [0.29, 0.717) is 25.4 Å². The Bertz CT molecular complexity index is 598. The molecule has 0 radical (unpaired) electrons. The van der Waals surface area contributed by atoms with Gasteiger partial charge in [-0.25, -0.2) is 4.98 Å². The Balaban J connectivity index is 2.14. The molecule has 0 aliphatic carbocycles. The van der Waals surface area contributed by atoms with Crippen LogP contribution in [0.1, 0.15) is 22.8 Å². The first-order chi connectivity index (χ1) is 12.0. The Morgan fingerprint density at radius 3 is 2.96 bits per heavy atom. The molecule has 0 bridgehead atoms. The molecule has 2 rings (SSSR count). The molecule has 1 amide bonds. The number of amides is 1. The number of hydrogen-bond donors (Lipinski definition) is 2. The van der Waals surface area contributed by atoms with E-state index in [1.165, 1.54) is 7.11 Å². The summed E-state index contributed by atoms with van der Waals surface area (Å²) in [7, 11) is 4.97. The summed E-state index contributed by atoms with van der Waals surface area (Å²) in [6.45, 7) is 3.46. The molecule has 0 spiro atoms. The molecule has 0 aromatic carbocycles. The summed E-state index contributed by atoms with van der Waals surface area (Å²) in [5.74, 6) is -0.0706. The highest BCUT2D eigenvalue weighted by atomic mass is 16.5. The molecule has 0 saturated carbocycles. The molecular weight excluding hydrogens is 326 g/mol. The maximum absolute atomic E-state index is 12.7. The van der Waals surface area contributed by atoms with Gasteiger partial charge in [0.2, 0.25) is 5.88 Å². The Morgan fingerprint density at radius 2 is 2.32 bits per heavy atom. The molecule has 25 heavy (non-hydrogen) atoms. The number of ether oxygens (including phenoxy) is 3. The zero-order chi connectivity index (χ0) is 18.4. The van der Waals surface area contributed by atoms with Gasteiger partial charge in [-0.1, -0.05) is 0 Å². The summed E-state index contributed by atoms with van der Waals surface area (Å²) in [5.41, 5.74) is 0.452. The second kappa shape index (κ2) is 8.57. The molecule has 2 atom stereocenters. The molecule has 8 heteroatoms. The molecule has 0 unspecified atom stereocenters. The van der Waals surface area contributed by atoms with Gasteiger partial charge >= 0.3 is 0 Å². The van der Waals surface area contributed by atoms with Crippen molar-refractivity contribution in [3.05, 3.63) is 23.4 Å². The average Bonchev–Trinajstić information content (AvgIpc) is 2.63. The highest BCUT2D eigenvalue weighted by Crippen LogP contribution is 2.22. The standard InChI is InChI=1S/C17H27N3O5/c1-12-7-25-11-17(10-21,20(12)2)9-19-15(22)14-5-13(8-23-3)6-18-16(14)24-4/h5-6,12,21H,7-11H2,1-4H3,(H,19,22)/t12-,17+/m1/s1. The van der Waals surface area contributed by atoms with Crippen molar-refractivity contribution in [3.8, 4) is 5.88 Å². The molecule has 8 nitrogen and oxygen atoms in total. The van der Waals surface area contributed by atoms with Crippen molar-refractivity contribution in [1.82, 2.24) is 15.2 Å². The largest absolute Gasteiger partial charge is 0.480 e. The van der Waals surface area contributed by atoms with Gasteiger partial charge in [-0.3, -0.25) is 9.69 Å². The van der Waals surface area contributed by atoms with Gasteiger partial charge in [0.15, 0.2) is 0 Å². The van der Waals surface area contributed by atoms with E-state index in [-0.39, 0.29) is 31.0 Å². The maximum Gasteiger partial charge on any atom is 0.256 e. The van der Waals surface area contributed by atoms with Gasteiger partial charge in [-0.2, -0.15) is 0 Å². The molecule has 2 heterocycles. The van der Waals surface area contributed by atoms with Crippen LogP contribution >= 0.6 is 0 Å². The van der Waals surface area contributed by atoms with E-state index in [1.54, 1.807) is 19.4 Å². The van der Waals surface area contributed by atoms with Gasteiger partial charge in [0.1, 0.15) is 5.56 Å². The van der Waals surface area contributed by atoms with Crippen molar-refractivity contribution in [2.75, 3.05) is 47.6 Å². The number of likely N-dealkylation sites (N-methyl/N-ethyl adjacent to an activating group) is 1. The number of aliphatic hydroxyl groups excluding tert-OH is 1. The van der Waals surface area contributed by atoms with Crippen LogP contribution in [0.5, 0.6) is 5.88 Å². The first-order valence-electron chi connectivity index (χ1n) is 8.19. The summed E-state index contributed by atoms with van der Waals surface area (Å²) in [6.07, 6.45) is 1.61. The summed E-state index contributed by atoms with van der Waals surface area (Å²) in [4.78, 5) is 18.9. The minimum absolute atomic E-state index is 0.118. The summed E-state index contributed by atoms with van der Waals surface area (Å²) in [5, 5.41) is 12.8. The lowest BCUT2D eigenvalue weighted by molar-refractivity contribution is -0.105. The van der Waals surface area contributed by atoms with Crippen LogP contribution in [0.25, 0.3) is 0 Å². The number of methoxy groups -OCH3 is 2. The van der Waals surface area contributed by atoms with Gasteiger partial charge in [-0.05, 0) is 25.6 Å². The Hall–Kier alpha value is -1.74. The second-order valence-electron chi connectivity index (χ2n) is 6.37. The smallest absolute Gasteiger partial charge is 0.256 e. The van der Waals surface area contributed by atoms with Crippen molar-refractivity contribution < 1.29 is 24.1 Å². The van der Waals surface area contributed by atoms with E-state index >= 15 is 0 Å². The molecular formula is C17H27N3O5. The molecule has 1 aromatic rings. The third-order valence-electron chi connectivity index (χ3n) is 4.67. The molecule has 1 aromatic heterocycles. The highest BCUT2D eigenvalue weighted by molar-refractivity contribution is 5.96. The number of pyridine rings is 1. The van der Waals surface area contributed by atoms with Gasteiger partial charge < -0.3 is 24.6 Å². The van der Waals surface area contributed by atoms with Crippen LogP contribution < -0.4 is 10.1 Å². The lowest BCUT2D eigenvalue weighted by Crippen LogP contribution is -2.65. The zero-order valence-electron chi connectivity index (χ0n) is 15.2. The van der Waals surface area contributed by atoms with Crippen LogP contribution in [0.2, 0.25) is 0 Å². The van der Waals surface area contributed by atoms with Crippen LogP contribution in [-0.2, 0) is 16.1 Å². The molecule has 1 aliphatic rings. The predicted molar refractivity (Wildman–Crippen MR) is 91.7 cm³/mol. The number of aromatic nitrogens is 1. The van der Waals surface area contributed by atoms with E-state index in [9.17, 15) is 9.90 Å². The minimum Gasteiger partial charge on any atom is -0.480 e. The molecule has 2 N–H and O–H groups in total. The molecule has 1 fully saturated rings. The molecule has 140 valence electrons. The molecule has 1 aliphatic heterocycles. The van der Waals surface area contributed by atoms with Crippen LogP contribution in [0.3, 0.4) is 0 Å². The van der Waals surface area contributed by atoms with Gasteiger partial charge in [0.25, 0.3) is 5.91 Å². The lowest BCUT2D eigenvalue weighted by atomic mass is 9.96. The van der Waals surface area contributed by atoms with Crippen LogP contribution in [-0.4, -0.2) is 80.1 Å².